The Morgan fingerprint density at radius 3 is 2.39 bits per heavy atom. The number of non-ortho nitro benzene ring substituents is 1. The number of nitro benzene ring substituents is 1. The van der Waals surface area contributed by atoms with Crippen LogP contribution in [0.5, 0.6) is 0 Å². The van der Waals surface area contributed by atoms with E-state index in [1.165, 1.54) is 0 Å². The van der Waals surface area contributed by atoms with Crippen molar-refractivity contribution in [2.24, 2.45) is 5.14 Å². The van der Waals surface area contributed by atoms with Crippen LogP contribution in [0.4, 0.5) is 24.5 Å². The Labute approximate surface area is 176 Å². The topological polar surface area (TPSA) is 159 Å². The van der Waals surface area contributed by atoms with Crippen LogP contribution in [0.15, 0.2) is 41.3 Å². The van der Waals surface area contributed by atoms with Crippen molar-refractivity contribution in [1.82, 2.24) is 0 Å². The van der Waals surface area contributed by atoms with Gasteiger partial charge in [0.05, 0.1) is 26.8 Å². The molecule has 0 heterocycles. The fraction of sp³-hybridized carbons (Fsp3) is 0.125. The van der Waals surface area contributed by atoms with Crippen molar-refractivity contribution < 1.29 is 40.8 Å². The number of nitrogens with two attached hydrogens (primary N) is 1. The van der Waals surface area contributed by atoms with E-state index in [-0.39, 0.29) is 16.7 Å². The zero-order chi connectivity index (χ0) is 23.6. The predicted molar refractivity (Wildman–Crippen MR) is 99.8 cm³/mol. The monoisotopic (exact) mass is 481 g/mol. The van der Waals surface area contributed by atoms with E-state index in [2.05, 4.69) is 4.74 Å². The molecule has 3 N–H and O–H groups in total. The number of nitrogens with one attached hydrogen (secondary N) is 1. The maximum Gasteiger partial charge on any atom is 0.418 e. The Morgan fingerprint density at radius 1 is 1.19 bits per heavy atom. The van der Waals surface area contributed by atoms with Crippen molar-refractivity contribution in [3.63, 3.8) is 0 Å². The van der Waals surface area contributed by atoms with Gasteiger partial charge in [-0.25, -0.2) is 18.4 Å². The molecule has 0 aliphatic rings. The first-order valence-electron chi connectivity index (χ1n) is 7.85. The molecule has 31 heavy (non-hydrogen) atoms. The van der Waals surface area contributed by atoms with Crippen LogP contribution in [0.1, 0.15) is 15.9 Å². The number of halogens is 4. The van der Waals surface area contributed by atoms with Crippen LogP contribution in [-0.4, -0.2) is 31.8 Å². The molecule has 2 aromatic carbocycles. The van der Waals surface area contributed by atoms with Crippen molar-refractivity contribution in [2.75, 3.05) is 11.9 Å². The summed E-state index contributed by atoms with van der Waals surface area (Å²) in [5, 5.41) is 17.2. The zero-order valence-electron chi connectivity index (χ0n) is 15.0. The lowest BCUT2D eigenvalue weighted by Crippen LogP contribution is -2.23. The molecule has 0 unspecified atom stereocenters. The summed E-state index contributed by atoms with van der Waals surface area (Å²) < 4.78 is 66.8. The zero-order valence-corrected chi connectivity index (χ0v) is 16.5. The average molecular weight is 482 g/mol. The molecule has 0 saturated heterocycles. The first-order chi connectivity index (χ1) is 14.2. The highest BCUT2D eigenvalue weighted by Gasteiger charge is 2.35. The number of hydrogen-bond acceptors (Lipinski definition) is 7. The summed E-state index contributed by atoms with van der Waals surface area (Å²) >= 11 is 5.68. The van der Waals surface area contributed by atoms with Gasteiger partial charge in [-0.2, -0.15) is 13.2 Å². The van der Waals surface area contributed by atoms with Crippen LogP contribution in [-0.2, 0) is 25.7 Å². The van der Waals surface area contributed by atoms with Gasteiger partial charge in [0.25, 0.3) is 11.6 Å². The minimum Gasteiger partial charge on any atom is -0.452 e. The third-order valence-corrected chi connectivity index (χ3v) is 4.99. The van der Waals surface area contributed by atoms with Gasteiger partial charge >= 0.3 is 12.1 Å². The Kier molecular flexibility index (Phi) is 6.88. The highest BCUT2D eigenvalue weighted by Crippen LogP contribution is 2.37. The molecule has 0 aliphatic carbocycles. The van der Waals surface area contributed by atoms with Crippen LogP contribution >= 0.6 is 11.6 Å². The second-order valence-electron chi connectivity index (χ2n) is 5.80. The number of rotatable bonds is 6. The molecule has 0 bridgehead atoms. The van der Waals surface area contributed by atoms with Gasteiger partial charge in [-0.05, 0) is 24.3 Å². The Bertz CT molecular complexity index is 1170. The van der Waals surface area contributed by atoms with Crippen LogP contribution in [0.25, 0.3) is 0 Å². The lowest BCUT2D eigenvalue weighted by Gasteiger charge is -2.13. The number of carbonyl (C=O) groups excluding carboxylic acids is 2. The molecule has 15 heteroatoms. The first-order valence-corrected chi connectivity index (χ1v) is 9.77. The number of anilines is 1. The fourth-order valence-corrected chi connectivity index (χ4v) is 3.31. The van der Waals surface area contributed by atoms with E-state index in [1.54, 1.807) is 0 Å². The molecule has 0 aliphatic heterocycles. The molecular formula is C16H11ClF3N3O7S. The molecule has 0 aromatic heterocycles. The average Bonchev–Trinajstić information content (AvgIpc) is 2.64. The quantitative estimate of drug-likeness (QED) is 0.364. The number of hydrogen-bond donors (Lipinski definition) is 2. The summed E-state index contributed by atoms with van der Waals surface area (Å²) in [6, 6.07) is 4.59. The molecule has 2 aromatic rings. The molecule has 10 nitrogen and oxygen atoms in total. The SMILES string of the molecule is NS(=O)(=O)c1cc(C(=O)OCC(=O)Nc2ccc([N+](=O)[O-])cc2C(F)(F)F)ccc1Cl. The van der Waals surface area contributed by atoms with Crippen LogP contribution in [0.3, 0.4) is 0 Å². The van der Waals surface area contributed by atoms with Crippen LogP contribution in [0.2, 0.25) is 5.02 Å². The maximum atomic E-state index is 13.1. The van der Waals surface area contributed by atoms with Gasteiger partial charge < -0.3 is 10.1 Å². The second-order valence-corrected chi connectivity index (χ2v) is 7.74. The Morgan fingerprint density at radius 2 is 1.84 bits per heavy atom. The van der Waals surface area contributed by atoms with Crippen molar-refractivity contribution in [3.05, 3.63) is 62.7 Å². The molecule has 0 saturated carbocycles. The van der Waals surface area contributed by atoms with Gasteiger partial charge in [0.15, 0.2) is 6.61 Å². The van der Waals surface area contributed by atoms with E-state index in [9.17, 15) is 41.3 Å². The Hall–Kier alpha value is -3.23. The number of primary sulfonamides is 1. The number of esters is 1. The number of nitrogens with zero attached hydrogens (tertiary/aromatic N) is 1. The van der Waals surface area contributed by atoms with Gasteiger partial charge in [0, 0.05) is 12.1 Å². The predicted octanol–water partition coefficient (Wildman–Crippen LogP) is 2.71. The van der Waals surface area contributed by atoms with Crippen LogP contribution in [0, 0.1) is 10.1 Å². The minimum absolute atomic E-state index is 0.240. The number of amides is 1. The molecular weight excluding hydrogens is 471 g/mol. The summed E-state index contributed by atoms with van der Waals surface area (Å²) in [7, 11) is -4.26. The minimum atomic E-state index is -5.02. The van der Waals surface area contributed by atoms with E-state index in [0.717, 1.165) is 24.3 Å². The van der Waals surface area contributed by atoms with E-state index in [4.69, 9.17) is 16.7 Å². The molecule has 166 valence electrons. The number of benzene rings is 2. The fourth-order valence-electron chi connectivity index (χ4n) is 2.24. The molecule has 0 atom stereocenters. The van der Waals surface area contributed by atoms with E-state index >= 15 is 0 Å². The molecule has 0 fully saturated rings. The van der Waals surface area contributed by atoms with Gasteiger partial charge in [-0.3, -0.25) is 14.9 Å². The third-order valence-electron chi connectivity index (χ3n) is 3.60. The molecule has 2 rings (SSSR count). The van der Waals surface area contributed by atoms with Gasteiger partial charge in [-0.1, -0.05) is 11.6 Å². The summed E-state index contributed by atoms with van der Waals surface area (Å²) in [5.41, 5.74) is -3.45. The van der Waals surface area contributed by atoms with Crippen molar-refractivity contribution in [2.45, 2.75) is 11.1 Å². The summed E-state index contributed by atoms with van der Waals surface area (Å²) in [6.45, 7) is -1.04. The first kappa shape index (κ1) is 24.0. The maximum absolute atomic E-state index is 13.1. The third kappa shape index (κ3) is 6.13. The standard InChI is InChI=1S/C16H11ClF3N3O7S/c17-11-3-1-8(5-13(11)31(21,28)29)15(25)30-7-14(24)22-12-4-2-9(23(26)27)6-10(12)16(18,19)20/h1-6H,7H2,(H,22,24)(H2,21,28,29). The number of nitro groups is 1. The Balaban J connectivity index is 2.14. The van der Waals surface area contributed by atoms with Gasteiger partial charge in [0.2, 0.25) is 10.0 Å². The summed E-state index contributed by atoms with van der Waals surface area (Å²) in [6.07, 6.45) is -5.02. The normalized spacial score (nSPS) is 11.6. The molecule has 1 amide bonds. The number of alkyl halides is 3. The summed E-state index contributed by atoms with van der Waals surface area (Å²) in [4.78, 5) is 33.0. The largest absolute Gasteiger partial charge is 0.452 e. The highest BCUT2D eigenvalue weighted by atomic mass is 35.5. The van der Waals surface area contributed by atoms with Gasteiger partial charge in [0.1, 0.15) is 4.90 Å². The lowest BCUT2D eigenvalue weighted by atomic mass is 10.1. The molecule has 0 radical (unpaired) electrons. The number of sulfonamides is 1. The van der Waals surface area contributed by atoms with Crippen LogP contribution < -0.4 is 10.5 Å². The van der Waals surface area contributed by atoms with Crippen molar-refractivity contribution in [1.29, 1.82) is 0 Å². The van der Waals surface area contributed by atoms with Crippen molar-refractivity contribution >= 4 is 44.9 Å². The highest BCUT2D eigenvalue weighted by molar-refractivity contribution is 7.89. The van der Waals surface area contributed by atoms with Gasteiger partial charge in [-0.15, -0.1) is 0 Å². The second kappa shape index (κ2) is 8.87. The number of carbonyl (C=O) groups is 2. The smallest absolute Gasteiger partial charge is 0.418 e. The number of ether oxygens (including phenoxy) is 1. The summed E-state index contributed by atoms with van der Waals surface area (Å²) in [5.74, 6) is -2.37. The van der Waals surface area contributed by atoms with E-state index < -0.39 is 61.4 Å². The van der Waals surface area contributed by atoms with Crippen molar-refractivity contribution in [3.8, 4) is 0 Å². The van der Waals surface area contributed by atoms with E-state index in [0.29, 0.717) is 6.07 Å². The molecule has 0 spiro atoms. The lowest BCUT2D eigenvalue weighted by molar-refractivity contribution is -0.385. The van der Waals surface area contributed by atoms with E-state index in [1.807, 2.05) is 5.32 Å².